The van der Waals surface area contributed by atoms with Crippen LogP contribution in [0, 0.1) is 0 Å². The average molecular weight is 502 g/mol. The molecule has 0 amide bonds. The zero-order chi connectivity index (χ0) is 26.0. The van der Waals surface area contributed by atoms with E-state index in [1.807, 2.05) is 30.3 Å². The van der Waals surface area contributed by atoms with Crippen molar-refractivity contribution in [2.45, 2.75) is 25.7 Å². The van der Waals surface area contributed by atoms with E-state index in [0.717, 1.165) is 40.7 Å². The fraction of sp³-hybridized carbons (Fsp3) is 0.267. The third-order valence-corrected chi connectivity index (χ3v) is 6.29. The lowest BCUT2D eigenvalue weighted by atomic mass is 10.1. The number of carboxylic acid groups (broad SMARTS) is 2. The zero-order valence-corrected chi connectivity index (χ0v) is 20.6. The summed E-state index contributed by atoms with van der Waals surface area (Å²) in [6.45, 7) is 4.21. The highest BCUT2D eigenvalue weighted by Crippen LogP contribution is 2.31. The third-order valence-electron chi connectivity index (χ3n) is 6.29. The molecule has 0 atom stereocenters. The normalized spacial score (nSPS) is 13.9. The van der Waals surface area contributed by atoms with Crippen LogP contribution < -0.4 is 4.74 Å². The number of para-hydroxylation sites is 1. The van der Waals surface area contributed by atoms with Crippen LogP contribution >= 0.6 is 0 Å². The Morgan fingerprint density at radius 2 is 1.57 bits per heavy atom. The van der Waals surface area contributed by atoms with Crippen LogP contribution in [0.25, 0.3) is 28.0 Å². The van der Waals surface area contributed by atoms with Gasteiger partial charge in [-0.25, -0.2) is 9.59 Å². The summed E-state index contributed by atoms with van der Waals surface area (Å²) in [7, 11) is 0. The maximum atomic E-state index is 9.10. The summed E-state index contributed by atoms with van der Waals surface area (Å²) in [6.07, 6.45) is 9.49. The van der Waals surface area contributed by atoms with Crippen molar-refractivity contribution in [3.63, 3.8) is 0 Å². The number of hydrogen-bond donors (Lipinski definition) is 2. The SMILES string of the molecule is C(=C\c1ccc(CCOc2ccc3oc4ccccc4c3c2)cc1)/CN1CCCCC1.O=C(O)C(=O)O. The van der Waals surface area contributed by atoms with Crippen LogP contribution in [0.1, 0.15) is 30.4 Å². The number of nitrogens with zero attached hydrogens (tertiary/aromatic N) is 1. The fourth-order valence-corrected chi connectivity index (χ4v) is 4.36. The van der Waals surface area contributed by atoms with Crippen molar-refractivity contribution in [1.82, 2.24) is 4.90 Å². The lowest BCUT2D eigenvalue weighted by Gasteiger charge is -2.24. The molecule has 37 heavy (non-hydrogen) atoms. The Bertz CT molecular complexity index is 1350. The van der Waals surface area contributed by atoms with E-state index in [1.54, 1.807) is 0 Å². The number of hydrogen-bond acceptors (Lipinski definition) is 5. The molecule has 1 saturated heterocycles. The molecule has 192 valence electrons. The van der Waals surface area contributed by atoms with Crippen LogP contribution in [-0.4, -0.2) is 53.3 Å². The summed E-state index contributed by atoms with van der Waals surface area (Å²) >= 11 is 0. The number of carboxylic acids is 2. The molecule has 2 N–H and O–H groups in total. The number of likely N-dealkylation sites (tertiary alicyclic amines) is 1. The minimum Gasteiger partial charge on any atom is -0.493 e. The highest BCUT2D eigenvalue weighted by Gasteiger charge is 2.08. The number of benzene rings is 3. The molecule has 7 nitrogen and oxygen atoms in total. The Labute approximate surface area is 215 Å². The Kier molecular flexibility index (Phi) is 8.94. The van der Waals surface area contributed by atoms with Gasteiger partial charge in [0, 0.05) is 23.7 Å². The second-order valence-electron chi connectivity index (χ2n) is 8.97. The van der Waals surface area contributed by atoms with Gasteiger partial charge in [-0.1, -0.05) is 61.0 Å². The van der Waals surface area contributed by atoms with Crippen LogP contribution in [0.5, 0.6) is 5.75 Å². The van der Waals surface area contributed by atoms with Crippen molar-refractivity contribution in [2.24, 2.45) is 0 Å². The molecule has 1 aliphatic rings. The minimum atomic E-state index is -1.82. The molecule has 0 saturated carbocycles. The summed E-state index contributed by atoms with van der Waals surface area (Å²) < 4.78 is 11.9. The van der Waals surface area contributed by atoms with E-state index in [9.17, 15) is 0 Å². The predicted molar refractivity (Wildman–Crippen MR) is 144 cm³/mol. The van der Waals surface area contributed by atoms with Crippen molar-refractivity contribution in [3.05, 3.63) is 83.9 Å². The van der Waals surface area contributed by atoms with E-state index in [1.165, 1.54) is 43.5 Å². The number of fused-ring (bicyclic) bond motifs is 3. The molecule has 7 heteroatoms. The van der Waals surface area contributed by atoms with Crippen LogP contribution in [0.4, 0.5) is 0 Å². The molecule has 4 aromatic rings. The van der Waals surface area contributed by atoms with Gasteiger partial charge in [-0.05, 0) is 61.3 Å². The molecule has 3 aromatic carbocycles. The van der Waals surface area contributed by atoms with E-state index in [4.69, 9.17) is 29.0 Å². The number of carbonyl (C=O) groups is 2. The minimum absolute atomic E-state index is 0.658. The van der Waals surface area contributed by atoms with E-state index in [2.05, 4.69) is 53.5 Å². The Hall–Kier alpha value is -4.10. The molecule has 1 aromatic heterocycles. The third kappa shape index (κ3) is 7.44. The molecule has 2 heterocycles. The summed E-state index contributed by atoms with van der Waals surface area (Å²) in [5.41, 5.74) is 4.37. The Morgan fingerprint density at radius 3 is 2.30 bits per heavy atom. The summed E-state index contributed by atoms with van der Waals surface area (Å²) in [5.74, 6) is -2.76. The molecule has 0 spiro atoms. The van der Waals surface area contributed by atoms with Crippen molar-refractivity contribution in [1.29, 1.82) is 0 Å². The van der Waals surface area contributed by atoms with Crippen molar-refractivity contribution < 1.29 is 29.0 Å². The summed E-state index contributed by atoms with van der Waals surface area (Å²) in [6, 6.07) is 23.0. The highest BCUT2D eigenvalue weighted by molar-refractivity contribution is 6.27. The number of aliphatic carboxylic acids is 2. The number of rotatable bonds is 7. The quantitative estimate of drug-likeness (QED) is 0.306. The summed E-state index contributed by atoms with van der Waals surface area (Å²) in [4.78, 5) is 20.7. The second kappa shape index (κ2) is 12.7. The van der Waals surface area contributed by atoms with E-state index in [0.29, 0.717) is 6.61 Å². The first-order valence-electron chi connectivity index (χ1n) is 12.5. The van der Waals surface area contributed by atoms with Crippen molar-refractivity contribution in [2.75, 3.05) is 26.2 Å². The number of piperidine rings is 1. The van der Waals surface area contributed by atoms with Gasteiger partial charge in [0.2, 0.25) is 0 Å². The predicted octanol–water partition coefficient (Wildman–Crippen LogP) is 5.86. The average Bonchev–Trinajstić information content (AvgIpc) is 3.29. The molecule has 0 aliphatic carbocycles. The Balaban J connectivity index is 0.000000480. The maximum absolute atomic E-state index is 9.10. The smallest absolute Gasteiger partial charge is 0.414 e. The molecule has 0 unspecified atom stereocenters. The molecule has 5 rings (SSSR count). The van der Waals surface area contributed by atoms with Gasteiger partial charge in [0.1, 0.15) is 16.9 Å². The molecule has 1 fully saturated rings. The molecule has 0 bridgehead atoms. The number of furan rings is 1. The van der Waals surface area contributed by atoms with Gasteiger partial charge in [0.05, 0.1) is 6.61 Å². The number of ether oxygens (including phenoxy) is 1. The first-order valence-corrected chi connectivity index (χ1v) is 12.5. The van der Waals surface area contributed by atoms with Crippen LogP contribution in [0.2, 0.25) is 0 Å². The van der Waals surface area contributed by atoms with Crippen molar-refractivity contribution >= 4 is 40.0 Å². The van der Waals surface area contributed by atoms with Crippen LogP contribution in [0.15, 0.2) is 77.2 Å². The van der Waals surface area contributed by atoms with Gasteiger partial charge in [0.25, 0.3) is 0 Å². The first-order chi connectivity index (χ1) is 18.0. The van der Waals surface area contributed by atoms with Gasteiger partial charge < -0.3 is 19.4 Å². The largest absolute Gasteiger partial charge is 0.493 e. The molecular weight excluding hydrogens is 470 g/mol. The van der Waals surface area contributed by atoms with Crippen LogP contribution in [-0.2, 0) is 16.0 Å². The van der Waals surface area contributed by atoms with Crippen molar-refractivity contribution in [3.8, 4) is 5.75 Å². The lowest BCUT2D eigenvalue weighted by molar-refractivity contribution is -0.159. The second-order valence-corrected chi connectivity index (χ2v) is 8.97. The highest BCUT2D eigenvalue weighted by atomic mass is 16.5. The molecule has 0 radical (unpaired) electrons. The zero-order valence-electron chi connectivity index (χ0n) is 20.6. The van der Waals surface area contributed by atoms with Gasteiger partial charge in [0.15, 0.2) is 0 Å². The summed E-state index contributed by atoms with van der Waals surface area (Å²) in [5, 5.41) is 17.0. The van der Waals surface area contributed by atoms with E-state index in [-0.39, 0.29) is 0 Å². The molecule has 1 aliphatic heterocycles. The topological polar surface area (TPSA) is 100 Å². The monoisotopic (exact) mass is 501 g/mol. The standard InChI is InChI=1S/C28H29NO2.C2H2O4/c1-4-17-29(18-5-1)19-6-7-22-10-12-23(13-11-22)16-20-30-24-14-15-28-26(21-24)25-8-2-3-9-27(25)31-28;3-1(4)2(5)6/h2-3,6-15,21H,1,4-5,16-20H2;(H,3,4)(H,5,6)/b7-6+;. The lowest BCUT2D eigenvalue weighted by Crippen LogP contribution is -2.29. The maximum Gasteiger partial charge on any atom is 0.414 e. The van der Waals surface area contributed by atoms with Gasteiger partial charge >= 0.3 is 11.9 Å². The first kappa shape index (κ1) is 26.0. The fourth-order valence-electron chi connectivity index (χ4n) is 4.36. The molecular formula is C30H31NO6. The van der Waals surface area contributed by atoms with Gasteiger partial charge in [-0.3, -0.25) is 4.90 Å². The Morgan fingerprint density at radius 1 is 0.865 bits per heavy atom. The van der Waals surface area contributed by atoms with Crippen LogP contribution in [0.3, 0.4) is 0 Å². The van der Waals surface area contributed by atoms with E-state index < -0.39 is 11.9 Å². The van der Waals surface area contributed by atoms with Gasteiger partial charge in [-0.15, -0.1) is 0 Å². The van der Waals surface area contributed by atoms with Gasteiger partial charge in [-0.2, -0.15) is 0 Å². The van der Waals surface area contributed by atoms with E-state index >= 15 is 0 Å².